The monoisotopic (exact) mass is 1320 g/mol. The maximum absolute atomic E-state index is 14.2. The molecule has 21 nitrogen and oxygen atoms in total. The lowest BCUT2D eigenvalue weighted by molar-refractivity contribution is -0.688. The third-order valence-corrected chi connectivity index (χ3v) is 55.1. The Morgan fingerprint density at radius 3 is 1.35 bits per heavy atom. The smallest absolute Gasteiger partial charge is 0.479 e. The largest absolute Gasteiger partial charge is 0.495 e. The Labute approximate surface area is 505 Å². The highest BCUT2D eigenvalue weighted by Crippen LogP contribution is 2.56. The zero-order chi connectivity index (χ0) is 60.9. The minimum absolute atomic E-state index is 0.00376. The van der Waals surface area contributed by atoms with Crippen LogP contribution in [0, 0.1) is 41.4 Å². The molecule has 0 spiro atoms. The quantitative estimate of drug-likeness (QED) is 0.0272. The van der Waals surface area contributed by atoms with Crippen molar-refractivity contribution in [1.29, 1.82) is 0 Å². The van der Waals surface area contributed by atoms with E-state index in [0.29, 0.717) is 83.6 Å². The molecule has 4 aromatic rings. The first-order valence-corrected chi connectivity index (χ1v) is 46.6. The summed E-state index contributed by atoms with van der Waals surface area (Å²) < 4.78 is 141. The van der Waals surface area contributed by atoms with E-state index in [-0.39, 0.29) is 70.6 Å². The molecule has 464 valence electrons. The van der Waals surface area contributed by atoms with Gasteiger partial charge in [0.1, 0.15) is 10.6 Å². The van der Waals surface area contributed by atoms with Gasteiger partial charge in [-0.05, 0) is 78.2 Å². The Kier molecular flexibility index (Phi) is 19.7. The molecule has 0 saturated carbocycles. The van der Waals surface area contributed by atoms with E-state index in [1.54, 1.807) is 12.1 Å². The fourth-order valence-electron chi connectivity index (χ4n) is 11.8. The molecule has 6 fully saturated rings. The lowest BCUT2D eigenvalue weighted by Gasteiger charge is -2.64. The Morgan fingerprint density at radius 2 is 0.964 bits per heavy atom. The van der Waals surface area contributed by atoms with Crippen LogP contribution < -0.4 is 14.6 Å². The maximum Gasteiger partial charge on any atom is 0.479 e. The van der Waals surface area contributed by atoms with Gasteiger partial charge in [-0.1, -0.05) is 109 Å². The lowest BCUT2D eigenvalue weighted by Crippen LogP contribution is -2.88. The number of nitrogens with zero attached hydrogens (tertiary/aromatic N) is 2. The number of hydrogen-bond acceptors (Lipinski definition) is 18. The molecule has 1 amide bonds. The predicted octanol–water partition coefficient (Wildman–Crippen LogP) is 11.1. The molecule has 6 aliphatic heterocycles. The molecule has 6 saturated heterocycles. The molecular formula is C54H88N3O18SSi8+. The molecule has 10 rings (SSSR count). The second-order valence-corrected chi connectivity index (χ2v) is 51.5. The van der Waals surface area contributed by atoms with Gasteiger partial charge in [0.2, 0.25) is 5.89 Å². The van der Waals surface area contributed by atoms with Gasteiger partial charge in [-0.15, -0.1) is 0 Å². The average molecular weight is 1320 g/mol. The molecule has 2 aromatic carbocycles. The number of nitrogens with one attached hydrogen (secondary N) is 1. The number of aromatic nitrogens is 2. The molecule has 30 heteroatoms. The Hall–Kier alpha value is -2.76. The summed E-state index contributed by atoms with van der Waals surface area (Å²) in [6, 6.07) is 18.6. The van der Waals surface area contributed by atoms with Gasteiger partial charge < -0.3 is 63.9 Å². The van der Waals surface area contributed by atoms with Crippen molar-refractivity contribution in [2.24, 2.45) is 41.4 Å². The van der Waals surface area contributed by atoms with E-state index in [4.69, 9.17) is 58.5 Å². The summed E-state index contributed by atoms with van der Waals surface area (Å²) >= 11 is 0. The van der Waals surface area contributed by atoms with Crippen LogP contribution in [0.1, 0.15) is 119 Å². The SMILES string of the molecule is COc1ccc(-c2cnc(-c3cc[n+](Cc4cccc(C(=O)NCCC[Si]56O[Si]7(CC(C)C)O[Si]8(CC(C)C)O[Si](CC(C)C)(O5)O[Si]5(CC(C)C)O[Si](CC(C)C)(O6)O[Si](CC(C)C)(O7)O[Si](CC(C)C)(O8)O5)c4)cc3)o2)cc1S(=O)(=O)O. The molecule has 0 radical (unpaired) electrons. The van der Waals surface area contributed by atoms with E-state index in [1.807, 2.05) is 47.3 Å². The number of benzene rings is 2. The highest BCUT2D eigenvalue weighted by Gasteiger charge is 2.83. The third kappa shape index (κ3) is 15.3. The molecule has 84 heavy (non-hydrogen) atoms. The van der Waals surface area contributed by atoms with E-state index in [9.17, 15) is 17.8 Å². The first-order valence-electron chi connectivity index (χ1n) is 29.7. The lowest BCUT2D eigenvalue weighted by atomic mass is 10.1. The predicted molar refractivity (Wildman–Crippen MR) is 328 cm³/mol. The van der Waals surface area contributed by atoms with E-state index >= 15 is 0 Å². The molecule has 2 aromatic heterocycles. The fourth-order valence-corrected chi connectivity index (χ4v) is 64.0. The first-order chi connectivity index (χ1) is 39.3. The number of amides is 1. The van der Waals surface area contributed by atoms with Gasteiger partial charge >= 0.3 is 70.4 Å². The summed E-state index contributed by atoms with van der Waals surface area (Å²) in [6.45, 7) is 30.6. The van der Waals surface area contributed by atoms with Crippen molar-refractivity contribution >= 4 is 86.5 Å². The van der Waals surface area contributed by atoms with Crippen LogP contribution in [-0.4, -0.2) is 108 Å². The van der Waals surface area contributed by atoms with Gasteiger partial charge in [0.25, 0.3) is 16.0 Å². The summed E-state index contributed by atoms with van der Waals surface area (Å²) in [5.74, 6) is 0.634. The second-order valence-electron chi connectivity index (χ2n) is 26.1. The van der Waals surface area contributed by atoms with Crippen molar-refractivity contribution in [2.45, 2.75) is 163 Å². The highest BCUT2D eigenvalue weighted by molar-refractivity contribution is 7.86. The van der Waals surface area contributed by atoms with Gasteiger partial charge in [0.05, 0.1) is 13.3 Å². The standard InChI is InChI=1S/C54H87N3O18SSi8/c1-39(2)32-78-64-77(27-17-24-55-53(58)49-19-16-18-46(28-49)31-57-25-22-47(23-26-57)54-56-30-51(63-54)48-20-21-50(62-15)52(29-48)76(59,60)61)65-79(33-40(3)4)69-81(67-78,35-42(7)8)73-84(38-45(13)14)74-82(68-78,36-43(9)10)70-80(66-77,34-41(5)6)72-83(71-79,75-84)37-44(11)12/h16,18-23,25-26,28-30,39-45H,17,24,27,31-38H2,1-15H3,(H-,55,58,59,60,61)/p+1. The summed E-state index contributed by atoms with van der Waals surface area (Å²) in [5.41, 5.74) is 2.46. The van der Waals surface area contributed by atoms with E-state index < -0.39 is 80.6 Å². The maximum atomic E-state index is 14.2. The normalized spacial score (nSPS) is 30.4. The topological polar surface area (TPSA) is 233 Å². The van der Waals surface area contributed by atoms with Crippen LogP contribution in [0.25, 0.3) is 22.8 Å². The summed E-state index contributed by atoms with van der Waals surface area (Å²) in [7, 11) is -36.0. The zero-order valence-electron chi connectivity index (χ0n) is 51.4. The van der Waals surface area contributed by atoms with Crippen molar-refractivity contribution < 1.29 is 80.9 Å². The van der Waals surface area contributed by atoms with Gasteiger partial charge in [-0.25, -0.2) is 9.55 Å². The number of carbonyl (C=O) groups excluding carboxylic acids is 1. The average Bonchev–Trinajstić information content (AvgIpc) is 1.08. The number of ether oxygens (including phenoxy) is 1. The molecule has 8 bridgehead atoms. The highest BCUT2D eigenvalue weighted by atomic mass is 32.2. The minimum atomic E-state index is -4.56. The van der Waals surface area contributed by atoms with E-state index in [2.05, 4.69) is 107 Å². The van der Waals surface area contributed by atoms with Crippen LogP contribution in [0.5, 0.6) is 5.75 Å². The Bertz CT molecular complexity index is 2930. The summed E-state index contributed by atoms with van der Waals surface area (Å²) in [6.07, 6.45) is 5.63. The third-order valence-electron chi connectivity index (χ3n) is 14.2. The van der Waals surface area contributed by atoms with Gasteiger partial charge in [-0.3, -0.25) is 9.35 Å². The fraction of sp³-hybridized carbons (Fsp3) is 0.611. The van der Waals surface area contributed by atoms with E-state index in [0.717, 1.165) is 5.56 Å². The van der Waals surface area contributed by atoms with Gasteiger partial charge in [0.15, 0.2) is 24.7 Å². The Balaban J connectivity index is 1.02. The van der Waals surface area contributed by atoms with Crippen LogP contribution in [0.15, 0.2) is 82.5 Å². The van der Waals surface area contributed by atoms with Crippen LogP contribution in [0.4, 0.5) is 0 Å². The summed E-state index contributed by atoms with van der Waals surface area (Å²) in [4.78, 5) is 18.3. The van der Waals surface area contributed by atoms with Crippen LogP contribution in [0.3, 0.4) is 0 Å². The van der Waals surface area contributed by atoms with E-state index in [1.165, 1.54) is 25.4 Å². The number of oxazole rings is 1. The molecule has 0 unspecified atom stereocenters. The summed E-state index contributed by atoms with van der Waals surface area (Å²) in [5, 5.41) is 3.19. The second kappa shape index (κ2) is 25.3. The number of rotatable bonds is 25. The Morgan fingerprint density at radius 1 is 0.560 bits per heavy atom. The van der Waals surface area contributed by atoms with Crippen molar-refractivity contribution in [1.82, 2.24) is 10.3 Å². The first kappa shape index (κ1) is 65.7. The minimum Gasteiger partial charge on any atom is -0.495 e. The molecule has 2 N–H and O–H groups in total. The molecular weight excluding hydrogens is 1240 g/mol. The van der Waals surface area contributed by atoms with Crippen LogP contribution in [-0.2, 0) is 66.0 Å². The number of carbonyl (C=O) groups is 1. The van der Waals surface area contributed by atoms with Gasteiger partial charge in [0, 0.05) is 89.3 Å². The molecule has 8 heterocycles. The van der Waals surface area contributed by atoms with Crippen molar-refractivity contribution in [2.75, 3.05) is 13.7 Å². The zero-order valence-corrected chi connectivity index (χ0v) is 60.3. The number of pyridine rings is 1. The van der Waals surface area contributed by atoms with Crippen molar-refractivity contribution in [3.63, 3.8) is 0 Å². The van der Waals surface area contributed by atoms with Crippen LogP contribution >= 0.6 is 0 Å². The number of hydrogen-bond donors (Lipinski definition) is 2. The van der Waals surface area contributed by atoms with Gasteiger partial charge in [-0.2, -0.15) is 8.42 Å². The number of methoxy groups -OCH3 is 1. The van der Waals surface area contributed by atoms with Crippen LogP contribution in [0.2, 0.25) is 48.4 Å². The molecule has 0 aliphatic carbocycles. The molecule has 0 atom stereocenters. The van der Waals surface area contributed by atoms with Crippen molar-refractivity contribution in [3.8, 4) is 28.5 Å². The molecule has 6 aliphatic rings. The van der Waals surface area contributed by atoms with Crippen molar-refractivity contribution in [3.05, 3.63) is 84.3 Å².